The van der Waals surface area contributed by atoms with Gasteiger partial charge < -0.3 is 10.5 Å². The molecule has 1 aliphatic carbocycles. The zero-order valence-corrected chi connectivity index (χ0v) is 9.18. The molecule has 2 heteroatoms. The highest BCUT2D eigenvalue weighted by molar-refractivity contribution is 4.77. The first kappa shape index (κ1) is 11.0. The molecular formula is C11H23NO. The molecule has 0 bridgehead atoms. The van der Waals surface area contributed by atoms with Crippen molar-refractivity contribution in [1.29, 1.82) is 0 Å². The second kappa shape index (κ2) is 4.43. The molecular weight excluding hydrogens is 162 g/mol. The van der Waals surface area contributed by atoms with Crippen molar-refractivity contribution >= 4 is 0 Å². The fraction of sp³-hybridized carbons (Fsp3) is 1.00. The van der Waals surface area contributed by atoms with Crippen LogP contribution in [0.3, 0.4) is 0 Å². The van der Waals surface area contributed by atoms with E-state index in [1.54, 1.807) is 0 Å². The molecule has 1 unspecified atom stereocenters. The lowest BCUT2D eigenvalue weighted by atomic mass is 9.88. The summed E-state index contributed by atoms with van der Waals surface area (Å²) >= 11 is 0. The van der Waals surface area contributed by atoms with Gasteiger partial charge in [-0.15, -0.1) is 0 Å². The third kappa shape index (κ3) is 3.65. The van der Waals surface area contributed by atoms with Crippen molar-refractivity contribution in [2.24, 2.45) is 11.1 Å². The average Bonchev–Trinajstić information content (AvgIpc) is 2.50. The van der Waals surface area contributed by atoms with Crippen LogP contribution >= 0.6 is 0 Å². The molecule has 0 aliphatic heterocycles. The van der Waals surface area contributed by atoms with Gasteiger partial charge in [0.1, 0.15) is 0 Å². The molecule has 0 amide bonds. The van der Waals surface area contributed by atoms with Gasteiger partial charge >= 0.3 is 0 Å². The van der Waals surface area contributed by atoms with E-state index >= 15 is 0 Å². The largest absolute Gasteiger partial charge is 0.377 e. The molecule has 0 saturated heterocycles. The van der Waals surface area contributed by atoms with E-state index in [2.05, 4.69) is 20.8 Å². The quantitative estimate of drug-likeness (QED) is 0.732. The third-order valence-electron chi connectivity index (χ3n) is 2.93. The lowest BCUT2D eigenvalue weighted by Gasteiger charge is -2.27. The summed E-state index contributed by atoms with van der Waals surface area (Å²) in [6.07, 6.45) is 5.62. The molecule has 1 atom stereocenters. The summed E-state index contributed by atoms with van der Waals surface area (Å²) < 4.78 is 5.77. The van der Waals surface area contributed by atoms with E-state index in [0.717, 1.165) is 0 Å². The van der Waals surface area contributed by atoms with Gasteiger partial charge in [0.2, 0.25) is 0 Å². The van der Waals surface area contributed by atoms with Crippen molar-refractivity contribution in [3.8, 4) is 0 Å². The lowest BCUT2D eigenvalue weighted by Crippen LogP contribution is -2.40. The SMILES string of the molecule is CC(C)(C)C(N)COC1CCCC1. The highest BCUT2D eigenvalue weighted by Gasteiger charge is 2.23. The Labute approximate surface area is 81.8 Å². The second-order valence-corrected chi connectivity index (χ2v) is 5.21. The summed E-state index contributed by atoms with van der Waals surface area (Å²) in [5, 5.41) is 0. The minimum atomic E-state index is 0.160. The van der Waals surface area contributed by atoms with Crippen LogP contribution in [0.15, 0.2) is 0 Å². The van der Waals surface area contributed by atoms with Crippen LogP contribution in [-0.2, 0) is 4.74 Å². The van der Waals surface area contributed by atoms with Crippen molar-refractivity contribution < 1.29 is 4.74 Å². The number of nitrogens with two attached hydrogens (primary N) is 1. The maximum atomic E-state index is 6.00. The number of hydrogen-bond donors (Lipinski definition) is 1. The minimum Gasteiger partial charge on any atom is -0.377 e. The summed E-state index contributed by atoms with van der Waals surface area (Å²) in [5.74, 6) is 0. The Morgan fingerprint density at radius 3 is 2.31 bits per heavy atom. The molecule has 1 fully saturated rings. The van der Waals surface area contributed by atoms with Crippen molar-refractivity contribution in [3.63, 3.8) is 0 Å². The van der Waals surface area contributed by atoms with Gasteiger partial charge in [0.15, 0.2) is 0 Å². The molecule has 2 nitrogen and oxygen atoms in total. The van der Waals surface area contributed by atoms with Crippen LogP contribution in [0.25, 0.3) is 0 Å². The van der Waals surface area contributed by atoms with Crippen LogP contribution in [0.1, 0.15) is 46.5 Å². The summed E-state index contributed by atoms with van der Waals surface area (Å²) in [6.45, 7) is 7.20. The molecule has 0 aromatic carbocycles. The maximum Gasteiger partial charge on any atom is 0.0626 e. The fourth-order valence-corrected chi connectivity index (χ4v) is 1.54. The molecule has 0 spiro atoms. The number of rotatable bonds is 3. The predicted molar refractivity (Wildman–Crippen MR) is 55.6 cm³/mol. The molecule has 1 saturated carbocycles. The molecule has 0 heterocycles. The Bertz CT molecular complexity index is 145. The first-order valence-corrected chi connectivity index (χ1v) is 5.37. The Balaban J connectivity index is 2.17. The van der Waals surface area contributed by atoms with E-state index < -0.39 is 0 Å². The Kier molecular flexibility index (Phi) is 3.74. The summed E-state index contributed by atoms with van der Waals surface area (Å²) in [4.78, 5) is 0. The summed E-state index contributed by atoms with van der Waals surface area (Å²) in [5.41, 5.74) is 6.17. The lowest BCUT2D eigenvalue weighted by molar-refractivity contribution is 0.0304. The van der Waals surface area contributed by atoms with Crippen LogP contribution < -0.4 is 5.73 Å². The third-order valence-corrected chi connectivity index (χ3v) is 2.93. The van der Waals surface area contributed by atoms with E-state index in [1.165, 1.54) is 25.7 Å². The van der Waals surface area contributed by atoms with E-state index in [9.17, 15) is 0 Å². The molecule has 1 rings (SSSR count). The van der Waals surface area contributed by atoms with Gasteiger partial charge in [-0.05, 0) is 18.3 Å². The van der Waals surface area contributed by atoms with E-state index in [4.69, 9.17) is 10.5 Å². The minimum absolute atomic E-state index is 0.160. The number of hydrogen-bond acceptors (Lipinski definition) is 2. The summed E-state index contributed by atoms with van der Waals surface area (Å²) in [7, 11) is 0. The normalized spacial score (nSPS) is 22.2. The smallest absolute Gasteiger partial charge is 0.0626 e. The van der Waals surface area contributed by atoms with E-state index in [0.29, 0.717) is 12.7 Å². The first-order chi connectivity index (χ1) is 6.00. The van der Waals surface area contributed by atoms with Crippen LogP contribution in [-0.4, -0.2) is 18.8 Å². The van der Waals surface area contributed by atoms with Gasteiger partial charge in [0.05, 0.1) is 12.7 Å². The van der Waals surface area contributed by atoms with Crippen molar-refractivity contribution in [2.75, 3.05) is 6.61 Å². The Hall–Kier alpha value is -0.0800. The van der Waals surface area contributed by atoms with Gasteiger partial charge in [0.25, 0.3) is 0 Å². The maximum absolute atomic E-state index is 6.00. The van der Waals surface area contributed by atoms with Crippen molar-refractivity contribution in [3.05, 3.63) is 0 Å². The van der Waals surface area contributed by atoms with Crippen LogP contribution in [0, 0.1) is 5.41 Å². The fourth-order valence-electron chi connectivity index (χ4n) is 1.54. The summed E-state index contributed by atoms with van der Waals surface area (Å²) in [6, 6.07) is 0.160. The van der Waals surface area contributed by atoms with Gasteiger partial charge in [-0.1, -0.05) is 33.6 Å². The topological polar surface area (TPSA) is 35.2 Å². The average molecular weight is 185 g/mol. The highest BCUT2D eigenvalue weighted by Crippen LogP contribution is 2.23. The first-order valence-electron chi connectivity index (χ1n) is 5.37. The van der Waals surface area contributed by atoms with Gasteiger partial charge in [-0.3, -0.25) is 0 Å². The predicted octanol–water partition coefficient (Wildman–Crippen LogP) is 2.32. The van der Waals surface area contributed by atoms with Crippen molar-refractivity contribution in [2.45, 2.75) is 58.6 Å². The highest BCUT2D eigenvalue weighted by atomic mass is 16.5. The number of ether oxygens (including phenoxy) is 1. The van der Waals surface area contributed by atoms with Crippen LogP contribution in [0.2, 0.25) is 0 Å². The van der Waals surface area contributed by atoms with Gasteiger partial charge in [-0.2, -0.15) is 0 Å². The molecule has 0 aromatic rings. The molecule has 1 aliphatic rings. The van der Waals surface area contributed by atoms with Crippen molar-refractivity contribution in [1.82, 2.24) is 0 Å². The zero-order chi connectivity index (χ0) is 9.90. The monoisotopic (exact) mass is 185 g/mol. The molecule has 2 N–H and O–H groups in total. The van der Waals surface area contributed by atoms with Gasteiger partial charge in [0, 0.05) is 6.04 Å². The van der Waals surface area contributed by atoms with Crippen LogP contribution in [0.5, 0.6) is 0 Å². The second-order valence-electron chi connectivity index (χ2n) is 5.21. The standard InChI is InChI=1S/C11H23NO/c1-11(2,3)10(12)8-13-9-6-4-5-7-9/h9-10H,4-8,12H2,1-3H3. The van der Waals surface area contributed by atoms with Gasteiger partial charge in [-0.25, -0.2) is 0 Å². The van der Waals surface area contributed by atoms with E-state index in [-0.39, 0.29) is 11.5 Å². The van der Waals surface area contributed by atoms with Crippen LogP contribution in [0.4, 0.5) is 0 Å². The molecule has 0 radical (unpaired) electrons. The van der Waals surface area contributed by atoms with E-state index in [1.807, 2.05) is 0 Å². The molecule has 78 valence electrons. The Morgan fingerprint density at radius 2 is 1.85 bits per heavy atom. The zero-order valence-electron chi connectivity index (χ0n) is 9.18. The molecule has 0 aromatic heterocycles. The molecule has 13 heavy (non-hydrogen) atoms. The Morgan fingerprint density at radius 1 is 1.31 bits per heavy atom.